The van der Waals surface area contributed by atoms with Crippen LogP contribution in [0, 0.1) is 0 Å². The lowest BCUT2D eigenvalue weighted by molar-refractivity contribution is 0.0593. The SMILES string of the molecule is CCN(CC1CCCCN1)c1cncc(C(=O)OC)n1. The lowest BCUT2D eigenvalue weighted by Crippen LogP contribution is -2.44. The number of esters is 1. The van der Waals surface area contributed by atoms with Gasteiger partial charge in [-0.25, -0.2) is 9.78 Å². The number of aromatic nitrogens is 2. The van der Waals surface area contributed by atoms with Crippen LogP contribution in [0.5, 0.6) is 0 Å². The van der Waals surface area contributed by atoms with Crippen LogP contribution in [0.3, 0.4) is 0 Å². The van der Waals surface area contributed by atoms with E-state index in [0.717, 1.165) is 25.5 Å². The summed E-state index contributed by atoms with van der Waals surface area (Å²) in [7, 11) is 1.35. The number of carbonyl (C=O) groups excluding carboxylic acids is 1. The Morgan fingerprint density at radius 2 is 2.35 bits per heavy atom. The quantitative estimate of drug-likeness (QED) is 0.817. The molecule has 1 saturated heterocycles. The van der Waals surface area contributed by atoms with Gasteiger partial charge in [-0.2, -0.15) is 0 Å². The average molecular weight is 278 g/mol. The van der Waals surface area contributed by atoms with Gasteiger partial charge in [-0.3, -0.25) is 4.98 Å². The monoisotopic (exact) mass is 278 g/mol. The lowest BCUT2D eigenvalue weighted by atomic mass is 10.0. The van der Waals surface area contributed by atoms with Crippen LogP contribution in [-0.2, 0) is 4.74 Å². The van der Waals surface area contributed by atoms with Crippen LogP contribution in [0.15, 0.2) is 12.4 Å². The van der Waals surface area contributed by atoms with Crippen LogP contribution >= 0.6 is 0 Å². The van der Waals surface area contributed by atoms with E-state index in [1.54, 1.807) is 6.20 Å². The molecule has 0 bridgehead atoms. The molecule has 0 saturated carbocycles. The van der Waals surface area contributed by atoms with E-state index in [-0.39, 0.29) is 5.69 Å². The van der Waals surface area contributed by atoms with Crippen molar-refractivity contribution in [3.8, 4) is 0 Å². The standard InChI is InChI=1S/C14H22N4O2/c1-3-18(10-11-6-4-5-7-16-11)13-9-15-8-12(17-13)14(19)20-2/h8-9,11,16H,3-7,10H2,1-2H3. The minimum atomic E-state index is -0.453. The zero-order valence-electron chi connectivity index (χ0n) is 12.1. The Morgan fingerprint density at radius 3 is 3.00 bits per heavy atom. The van der Waals surface area contributed by atoms with E-state index < -0.39 is 5.97 Å². The maximum absolute atomic E-state index is 11.5. The Balaban J connectivity index is 2.08. The van der Waals surface area contributed by atoms with Gasteiger partial charge in [0.05, 0.1) is 19.5 Å². The van der Waals surface area contributed by atoms with Crippen LogP contribution in [-0.4, -0.2) is 48.7 Å². The number of anilines is 1. The first-order chi connectivity index (χ1) is 9.74. The summed E-state index contributed by atoms with van der Waals surface area (Å²) in [6, 6.07) is 0.479. The fraction of sp³-hybridized carbons (Fsp3) is 0.643. The van der Waals surface area contributed by atoms with Gasteiger partial charge in [0.2, 0.25) is 0 Å². The number of methoxy groups -OCH3 is 1. The van der Waals surface area contributed by atoms with Gasteiger partial charge in [-0.15, -0.1) is 0 Å². The number of nitrogens with zero attached hydrogens (tertiary/aromatic N) is 3. The molecule has 1 unspecified atom stereocenters. The first-order valence-corrected chi connectivity index (χ1v) is 7.13. The second-order valence-corrected chi connectivity index (χ2v) is 4.94. The summed E-state index contributed by atoms with van der Waals surface area (Å²) in [6.07, 6.45) is 6.82. The molecule has 1 aromatic heterocycles. The van der Waals surface area contributed by atoms with Crippen molar-refractivity contribution in [2.75, 3.05) is 31.6 Å². The number of nitrogens with one attached hydrogen (secondary N) is 1. The van der Waals surface area contributed by atoms with Crippen LogP contribution in [0.1, 0.15) is 36.7 Å². The zero-order valence-corrected chi connectivity index (χ0v) is 12.1. The number of hydrogen-bond donors (Lipinski definition) is 1. The highest BCUT2D eigenvalue weighted by atomic mass is 16.5. The minimum absolute atomic E-state index is 0.250. The Kier molecular flexibility index (Phi) is 5.29. The third kappa shape index (κ3) is 3.66. The van der Waals surface area contributed by atoms with Gasteiger partial charge in [-0.1, -0.05) is 6.42 Å². The molecule has 1 atom stereocenters. The van der Waals surface area contributed by atoms with Crippen molar-refractivity contribution < 1.29 is 9.53 Å². The number of rotatable bonds is 5. The van der Waals surface area contributed by atoms with E-state index in [1.165, 1.54) is 32.6 Å². The fourth-order valence-electron chi connectivity index (χ4n) is 2.44. The van der Waals surface area contributed by atoms with Crippen molar-refractivity contribution in [3.05, 3.63) is 18.1 Å². The number of likely N-dealkylation sites (N-methyl/N-ethyl adjacent to an activating group) is 1. The third-order valence-corrected chi connectivity index (χ3v) is 3.58. The largest absolute Gasteiger partial charge is 0.464 e. The van der Waals surface area contributed by atoms with Crippen molar-refractivity contribution in [3.63, 3.8) is 0 Å². The summed E-state index contributed by atoms with van der Waals surface area (Å²) in [4.78, 5) is 22.1. The highest BCUT2D eigenvalue weighted by molar-refractivity contribution is 5.87. The van der Waals surface area contributed by atoms with Gasteiger partial charge in [0.25, 0.3) is 0 Å². The Labute approximate surface area is 119 Å². The van der Waals surface area contributed by atoms with Crippen LogP contribution < -0.4 is 10.2 Å². The molecule has 20 heavy (non-hydrogen) atoms. The van der Waals surface area contributed by atoms with Gasteiger partial charge >= 0.3 is 5.97 Å². The van der Waals surface area contributed by atoms with E-state index >= 15 is 0 Å². The summed E-state index contributed by atoms with van der Waals surface area (Å²) >= 11 is 0. The molecule has 6 heteroatoms. The first kappa shape index (κ1) is 14.7. The van der Waals surface area contributed by atoms with Gasteiger partial charge in [0.1, 0.15) is 5.82 Å². The van der Waals surface area contributed by atoms with Crippen molar-refractivity contribution in [1.82, 2.24) is 15.3 Å². The molecular formula is C14H22N4O2. The molecule has 6 nitrogen and oxygen atoms in total. The van der Waals surface area contributed by atoms with Crippen molar-refractivity contribution >= 4 is 11.8 Å². The molecule has 0 radical (unpaired) electrons. The Hall–Kier alpha value is -1.69. The Morgan fingerprint density at radius 1 is 1.50 bits per heavy atom. The van der Waals surface area contributed by atoms with E-state index in [0.29, 0.717) is 6.04 Å². The Bertz CT molecular complexity index is 447. The van der Waals surface area contributed by atoms with E-state index in [9.17, 15) is 4.79 Å². The normalized spacial score (nSPS) is 18.6. The van der Waals surface area contributed by atoms with Crippen molar-refractivity contribution in [2.24, 2.45) is 0 Å². The van der Waals surface area contributed by atoms with E-state index in [2.05, 4.69) is 31.8 Å². The molecule has 1 aliphatic heterocycles. The predicted octanol–water partition coefficient (Wildman–Crippen LogP) is 1.23. The molecule has 0 spiro atoms. The van der Waals surface area contributed by atoms with E-state index in [1.807, 2.05) is 0 Å². The predicted molar refractivity (Wildman–Crippen MR) is 76.9 cm³/mol. The molecule has 2 heterocycles. The second kappa shape index (κ2) is 7.19. The third-order valence-electron chi connectivity index (χ3n) is 3.58. The van der Waals surface area contributed by atoms with Crippen molar-refractivity contribution in [1.29, 1.82) is 0 Å². The molecule has 0 aliphatic carbocycles. The summed E-state index contributed by atoms with van der Waals surface area (Å²) in [6.45, 7) is 4.87. The highest BCUT2D eigenvalue weighted by Crippen LogP contribution is 2.14. The molecule has 0 aromatic carbocycles. The minimum Gasteiger partial charge on any atom is -0.464 e. The van der Waals surface area contributed by atoms with Crippen LogP contribution in [0.25, 0.3) is 0 Å². The summed E-state index contributed by atoms with van der Waals surface area (Å²) in [5.74, 6) is 0.272. The first-order valence-electron chi connectivity index (χ1n) is 7.13. The molecular weight excluding hydrogens is 256 g/mol. The van der Waals surface area contributed by atoms with Gasteiger partial charge in [0.15, 0.2) is 5.69 Å². The number of hydrogen-bond acceptors (Lipinski definition) is 6. The van der Waals surface area contributed by atoms with Crippen molar-refractivity contribution in [2.45, 2.75) is 32.2 Å². The zero-order chi connectivity index (χ0) is 14.4. The van der Waals surface area contributed by atoms with Gasteiger partial charge in [0, 0.05) is 19.1 Å². The average Bonchev–Trinajstić information content (AvgIpc) is 2.53. The lowest BCUT2D eigenvalue weighted by Gasteiger charge is -2.30. The molecule has 1 N–H and O–H groups in total. The molecule has 2 rings (SSSR count). The van der Waals surface area contributed by atoms with Gasteiger partial charge in [-0.05, 0) is 26.3 Å². The molecule has 110 valence electrons. The van der Waals surface area contributed by atoms with Crippen LogP contribution in [0.2, 0.25) is 0 Å². The number of carbonyl (C=O) groups is 1. The van der Waals surface area contributed by atoms with Gasteiger partial charge < -0.3 is 15.0 Å². The molecule has 1 aliphatic rings. The maximum atomic E-state index is 11.5. The summed E-state index contributed by atoms with van der Waals surface area (Å²) in [5, 5.41) is 3.52. The fourth-order valence-corrected chi connectivity index (χ4v) is 2.44. The second-order valence-electron chi connectivity index (χ2n) is 4.94. The number of piperidine rings is 1. The maximum Gasteiger partial charge on any atom is 0.358 e. The molecule has 1 aromatic rings. The molecule has 0 amide bonds. The molecule has 1 fully saturated rings. The van der Waals surface area contributed by atoms with E-state index in [4.69, 9.17) is 0 Å². The summed E-state index contributed by atoms with van der Waals surface area (Å²) < 4.78 is 4.68. The smallest absolute Gasteiger partial charge is 0.358 e. The summed E-state index contributed by atoms with van der Waals surface area (Å²) in [5.41, 5.74) is 0.250. The van der Waals surface area contributed by atoms with Crippen LogP contribution in [0.4, 0.5) is 5.82 Å². The highest BCUT2D eigenvalue weighted by Gasteiger charge is 2.18. The topological polar surface area (TPSA) is 67.4 Å². The number of ether oxygens (including phenoxy) is 1.